The van der Waals surface area contributed by atoms with Crippen molar-refractivity contribution >= 4 is 10.9 Å². The molecule has 0 unspecified atom stereocenters. The summed E-state index contributed by atoms with van der Waals surface area (Å²) in [5.74, 6) is -1.73. The quantitative estimate of drug-likeness (QED) is 0.680. The lowest BCUT2D eigenvalue weighted by atomic mass is 10.1. The van der Waals surface area contributed by atoms with Crippen molar-refractivity contribution in [3.63, 3.8) is 0 Å². The van der Waals surface area contributed by atoms with Gasteiger partial charge in [0.1, 0.15) is 5.69 Å². The molecule has 0 saturated heterocycles. The third-order valence-corrected chi connectivity index (χ3v) is 2.67. The van der Waals surface area contributed by atoms with Crippen LogP contribution in [0.4, 0.5) is 8.78 Å². The minimum absolute atomic E-state index is 0.191. The Labute approximate surface area is 95.9 Å². The van der Waals surface area contributed by atoms with E-state index in [1.165, 1.54) is 6.07 Å². The first-order valence-electron chi connectivity index (χ1n) is 5.15. The highest BCUT2D eigenvalue weighted by molar-refractivity contribution is 5.93. The van der Waals surface area contributed by atoms with E-state index in [1.807, 2.05) is 18.2 Å². The van der Waals surface area contributed by atoms with Gasteiger partial charge in [-0.25, -0.2) is 8.78 Å². The number of fused-ring (bicyclic) bond motifs is 1. The van der Waals surface area contributed by atoms with Crippen molar-refractivity contribution in [2.24, 2.45) is 0 Å². The highest BCUT2D eigenvalue weighted by Crippen LogP contribution is 2.29. The van der Waals surface area contributed by atoms with Crippen LogP contribution in [0.5, 0.6) is 0 Å². The molecule has 0 spiro atoms. The van der Waals surface area contributed by atoms with Gasteiger partial charge in [-0.05, 0) is 12.1 Å². The summed E-state index contributed by atoms with van der Waals surface area (Å²) in [7, 11) is 0. The molecule has 4 heteroatoms. The molecule has 0 fully saturated rings. The van der Waals surface area contributed by atoms with Crippen LogP contribution in [-0.2, 0) is 0 Å². The molecule has 0 aliphatic heterocycles. The minimum Gasteiger partial charge on any atom is -0.277 e. The minimum atomic E-state index is -0.866. The number of hydrogen-bond acceptors (Lipinski definition) is 1. The van der Waals surface area contributed by atoms with Crippen molar-refractivity contribution in [2.45, 2.75) is 0 Å². The van der Waals surface area contributed by atoms with Crippen LogP contribution in [0.15, 0.2) is 42.5 Å². The van der Waals surface area contributed by atoms with Gasteiger partial charge >= 0.3 is 0 Å². The van der Waals surface area contributed by atoms with E-state index in [1.54, 1.807) is 12.1 Å². The van der Waals surface area contributed by atoms with Crippen LogP contribution in [0.3, 0.4) is 0 Å². The summed E-state index contributed by atoms with van der Waals surface area (Å²) in [6.07, 6.45) is 0. The van der Waals surface area contributed by atoms with Crippen LogP contribution in [-0.4, -0.2) is 10.2 Å². The molecule has 0 atom stereocenters. The second kappa shape index (κ2) is 3.66. The van der Waals surface area contributed by atoms with Gasteiger partial charge in [-0.15, -0.1) is 0 Å². The van der Waals surface area contributed by atoms with Gasteiger partial charge in [-0.2, -0.15) is 5.10 Å². The van der Waals surface area contributed by atoms with Crippen molar-refractivity contribution in [2.75, 3.05) is 0 Å². The van der Waals surface area contributed by atoms with Gasteiger partial charge < -0.3 is 0 Å². The average molecular weight is 230 g/mol. The maximum absolute atomic E-state index is 13.7. The maximum atomic E-state index is 13.7. The SMILES string of the molecule is Fc1ccc2[nH]nc(-c3ccccc3)c2c1F. The lowest BCUT2D eigenvalue weighted by molar-refractivity contribution is 0.517. The van der Waals surface area contributed by atoms with E-state index in [-0.39, 0.29) is 5.39 Å². The summed E-state index contributed by atoms with van der Waals surface area (Å²) in [5, 5.41) is 6.92. The molecule has 0 saturated carbocycles. The molecule has 2 aromatic carbocycles. The summed E-state index contributed by atoms with van der Waals surface area (Å²) in [6, 6.07) is 11.7. The number of halogens is 2. The fraction of sp³-hybridized carbons (Fsp3) is 0. The number of rotatable bonds is 1. The van der Waals surface area contributed by atoms with Gasteiger partial charge in [0.05, 0.1) is 10.9 Å². The molecule has 0 bridgehead atoms. The van der Waals surface area contributed by atoms with E-state index in [2.05, 4.69) is 10.2 Å². The van der Waals surface area contributed by atoms with Gasteiger partial charge in [0.25, 0.3) is 0 Å². The Kier molecular flexibility index (Phi) is 2.14. The van der Waals surface area contributed by atoms with Crippen molar-refractivity contribution in [1.82, 2.24) is 10.2 Å². The van der Waals surface area contributed by atoms with Gasteiger partial charge in [-0.3, -0.25) is 5.10 Å². The lowest BCUT2D eigenvalue weighted by Crippen LogP contribution is -1.86. The molecule has 1 N–H and O–H groups in total. The molecule has 3 aromatic rings. The van der Waals surface area contributed by atoms with E-state index in [0.29, 0.717) is 11.2 Å². The first kappa shape index (κ1) is 9.96. The molecule has 0 radical (unpaired) electrons. The molecule has 2 nitrogen and oxygen atoms in total. The van der Waals surface area contributed by atoms with Gasteiger partial charge in [0.2, 0.25) is 0 Å². The predicted octanol–water partition coefficient (Wildman–Crippen LogP) is 3.51. The Morgan fingerprint density at radius 1 is 0.941 bits per heavy atom. The fourth-order valence-corrected chi connectivity index (χ4v) is 1.85. The zero-order valence-electron chi connectivity index (χ0n) is 8.74. The molecule has 1 heterocycles. The third kappa shape index (κ3) is 1.49. The van der Waals surface area contributed by atoms with Crippen molar-refractivity contribution < 1.29 is 8.78 Å². The summed E-state index contributed by atoms with van der Waals surface area (Å²) < 4.78 is 26.9. The number of benzene rings is 2. The topological polar surface area (TPSA) is 28.7 Å². The number of nitrogens with zero attached hydrogens (tertiary/aromatic N) is 1. The van der Waals surface area contributed by atoms with Gasteiger partial charge in [0, 0.05) is 5.56 Å². The van der Waals surface area contributed by atoms with Crippen LogP contribution in [0.2, 0.25) is 0 Å². The highest BCUT2D eigenvalue weighted by Gasteiger charge is 2.15. The second-order valence-corrected chi connectivity index (χ2v) is 3.72. The normalized spacial score (nSPS) is 10.9. The molecule has 0 amide bonds. The molecular weight excluding hydrogens is 222 g/mol. The van der Waals surface area contributed by atoms with E-state index >= 15 is 0 Å². The Hall–Kier alpha value is -2.23. The fourth-order valence-electron chi connectivity index (χ4n) is 1.85. The Bertz CT molecular complexity index is 674. The summed E-state index contributed by atoms with van der Waals surface area (Å²) in [6.45, 7) is 0. The van der Waals surface area contributed by atoms with Crippen LogP contribution in [0, 0.1) is 11.6 Å². The van der Waals surface area contributed by atoms with E-state index in [0.717, 1.165) is 11.6 Å². The largest absolute Gasteiger partial charge is 0.277 e. The van der Waals surface area contributed by atoms with E-state index < -0.39 is 11.6 Å². The number of H-pyrrole nitrogens is 1. The van der Waals surface area contributed by atoms with E-state index in [4.69, 9.17) is 0 Å². The molecule has 1 aromatic heterocycles. The van der Waals surface area contributed by atoms with Crippen molar-refractivity contribution in [1.29, 1.82) is 0 Å². The van der Waals surface area contributed by atoms with Crippen molar-refractivity contribution in [3.8, 4) is 11.3 Å². The molecule has 0 aliphatic carbocycles. The summed E-state index contributed by atoms with van der Waals surface area (Å²) >= 11 is 0. The molecular formula is C13H8F2N2. The van der Waals surface area contributed by atoms with Crippen LogP contribution >= 0.6 is 0 Å². The Balaban J connectivity index is 2.35. The van der Waals surface area contributed by atoms with Crippen molar-refractivity contribution in [3.05, 3.63) is 54.1 Å². The predicted molar refractivity (Wildman–Crippen MR) is 61.4 cm³/mol. The zero-order chi connectivity index (χ0) is 11.8. The first-order chi connectivity index (χ1) is 8.27. The molecule has 0 aliphatic rings. The first-order valence-corrected chi connectivity index (χ1v) is 5.15. The van der Waals surface area contributed by atoms with Crippen LogP contribution in [0.25, 0.3) is 22.2 Å². The number of aromatic nitrogens is 2. The lowest BCUT2D eigenvalue weighted by Gasteiger charge is -1.99. The smallest absolute Gasteiger partial charge is 0.170 e. The molecule has 3 rings (SSSR count). The number of aromatic amines is 1. The van der Waals surface area contributed by atoms with Crippen LogP contribution in [0.1, 0.15) is 0 Å². The summed E-state index contributed by atoms with van der Waals surface area (Å²) in [4.78, 5) is 0. The maximum Gasteiger partial charge on any atom is 0.170 e. The number of nitrogens with one attached hydrogen (secondary N) is 1. The standard InChI is InChI=1S/C13H8F2N2/c14-9-6-7-10-11(12(9)15)13(17-16-10)8-4-2-1-3-5-8/h1-7H,(H,16,17). The number of hydrogen-bond donors (Lipinski definition) is 1. The van der Waals surface area contributed by atoms with Gasteiger partial charge in [-0.1, -0.05) is 30.3 Å². The Morgan fingerprint density at radius 3 is 2.47 bits per heavy atom. The Morgan fingerprint density at radius 2 is 1.71 bits per heavy atom. The van der Waals surface area contributed by atoms with Gasteiger partial charge in [0.15, 0.2) is 11.6 Å². The molecule has 84 valence electrons. The zero-order valence-corrected chi connectivity index (χ0v) is 8.74. The van der Waals surface area contributed by atoms with E-state index in [9.17, 15) is 8.78 Å². The summed E-state index contributed by atoms with van der Waals surface area (Å²) in [5.41, 5.74) is 1.67. The molecule has 17 heavy (non-hydrogen) atoms. The monoisotopic (exact) mass is 230 g/mol. The van der Waals surface area contributed by atoms with Crippen LogP contribution < -0.4 is 0 Å². The average Bonchev–Trinajstić information content (AvgIpc) is 2.79. The second-order valence-electron chi connectivity index (χ2n) is 3.72. The third-order valence-electron chi connectivity index (χ3n) is 2.67. The highest BCUT2D eigenvalue weighted by atomic mass is 19.2.